The molecule has 6 rings (SSSR count). The Balaban J connectivity index is 0.730. The lowest BCUT2D eigenvalue weighted by Gasteiger charge is -2.35. The molecule has 1 aliphatic rings. The summed E-state index contributed by atoms with van der Waals surface area (Å²) in [7, 11) is 2.20. The number of nitrogens with zero attached hydrogens (tertiary/aromatic N) is 7. The number of benzene rings is 2. The molecule has 67 heavy (non-hydrogen) atoms. The maximum Gasteiger partial charge on any atom is 0.257 e. The molecule has 3 aromatic heterocycles. The van der Waals surface area contributed by atoms with E-state index in [4.69, 9.17) is 4.74 Å². The Bertz CT molecular complexity index is 2340. The summed E-state index contributed by atoms with van der Waals surface area (Å²) in [6.07, 6.45) is 21.5. The molecule has 13 nitrogen and oxygen atoms in total. The molecule has 0 bridgehead atoms. The molecule has 1 atom stereocenters. The Morgan fingerprint density at radius 3 is 2.51 bits per heavy atom. The predicted molar refractivity (Wildman–Crippen MR) is 268 cm³/mol. The van der Waals surface area contributed by atoms with Gasteiger partial charge in [0.25, 0.3) is 5.91 Å². The van der Waals surface area contributed by atoms with Gasteiger partial charge in [-0.2, -0.15) is 0 Å². The highest BCUT2D eigenvalue weighted by Gasteiger charge is 2.25. The lowest BCUT2D eigenvalue weighted by atomic mass is 9.86. The summed E-state index contributed by atoms with van der Waals surface area (Å²) in [6.45, 7) is 9.86. The molecule has 0 aliphatic heterocycles. The summed E-state index contributed by atoms with van der Waals surface area (Å²) in [6, 6.07) is 16.5. The highest BCUT2D eigenvalue weighted by atomic mass is 32.1. The van der Waals surface area contributed by atoms with Gasteiger partial charge in [0, 0.05) is 67.5 Å². The monoisotopic (exact) mass is 930 g/mol. The van der Waals surface area contributed by atoms with Crippen LogP contribution in [0.25, 0.3) is 0 Å². The summed E-state index contributed by atoms with van der Waals surface area (Å²) in [5.74, 6) is 6.86. The topological polar surface area (TPSA) is 151 Å². The highest BCUT2D eigenvalue weighted by Crippen LogP contribution is 2.31. The van der Waals surface area contributed by atoms with Gasteiger partial charge in [-0.3, -0.25) is 24.2 Å². The smallest absolute Gasteiger partial charge is 0.257 e. The van der Waals surface area contributed by atoms with Crippen molar-refractivity contribution in [1.29, 1.82) is 0 Å². The molecule has 5 aromatic rings. The van der Waals surface area contributed by atoms with Gasteiger partial charge in [0.05, 0.1) is 16.9 Å². The first-order chi connectivity index (χ1) is 32.7. The summed E-state index contributed by atoms with van der Waals surface area (Å²) in [5.41, 5.74) is 6.78. The van der Waals surface area contributed by atoms with E-state index in [1.165, 1.54) is 43.2 Å². The van der Waals surface area contributed by atoms with Crippen LogP contribution in [0.1, 0.15) is 123 Å². The number of phenolic OH excluding ortho intramolecular Hbond substituents is 1. The van der Waals surface area contributed by atoms with Crippen molar-refractivity contribution in [3.05, 3.63) is 111 Å². The number of thiazole rings is 1. The van der Waals surface area contributed by atoms with Crippen LogP contribution >= 0.6 is 11.3 Å². The molecule has 0 saturated carbocycles. The molecule has 0 saturated heterocycles. The molecular weight excluding hydrogens is 859 g/mol. The van der Waals surface area contributed by atoms with Crippen molar-refractivity contribution >= 4 is 28.8 Å². The molecule has 1 aliphatic carbocycles. The average Bonchev–Trinajstić information content (AvgIpc) is 3.98. The second-order valence-corrected chi connectivity index (χ2v) is 18.9. The fourth-order valence-corrected chi connectivity index (χ4v) is 9.15. The van der Waals surface area contributed by atoms with Crippen LogP contribution in [0.4, 0.5) is 5.69 Å². The first kappa shape index (κ1) is 50.8. The molecule has 0 spiro atoms. The number of pyridine rings is 1. The van der Waals surface area contributed by atoms with Crippen LogP contribution in [-0.4, -0.2) is 104 Å². The van der Waals surface area contributed by atoms with Crippen LogP contribution in [0.3, 0.4) is 0 Å². The summed E-state index contributed by atoms with van der Waals surface area (Å²) in [5, 5.41) is 27.8. The van der Waals surface area contributed by atoms with E-state index in [1.807, 2.05) is 41.4 Å². The van der Waals surface area contributed by atoms with Gasteiger partial charge in [0.15, 0.2) is 6.61 Å². The molecule has 2 amide bonds. The highest BCUT2D eigenvalue weighted by molar-refractivity contribution is 7.09. The minimum Gasteiger partial charge on any atom is -0.508 e. The maximum absolute atomic E-state index is 12.8. The standard InChI is InChI=1S/C53H71N9O4S/c1-4-29-61(48-24-25-50-44(35-48)15-14-16-51(50)63)33-27-42-17-20-45(21-18-42)57-52(64)26-23-46-38-62(59-58-46)32-13-8-6-5-7-11-30-60(3)31-12-9-10-28-55-53(65)39-66-49-34-43(36-54-37-49)19-22-47-40-67-41(2)56-47/h14-18,20-21,34,36-38,40,48,63H,4-13,23-33,35,39H2,1-3H3,(H,55,65)(H,57,64). The van der Waals surface area contributed by atoms with Gasteiger partial charge < -0.3 is 25.4 Å². The maximum atomic E-state index is 12.8. The number of unbranched alkanes of at least 4 members (excludes halogenated alkanes) is 7. The van der Waals surface area contributed by atoms with Crippen molar-refractivity contribution in [3.63, 3.8) is 0 Å². The van der Waals surface area contributed by atoms with Crippen molar-refractivity contribution in [1.82, 2.24) is 40.1 Å². The van der Waals surface area contributed by atoms with Crippen LogP contribution in [0.2, 0.25) is 0 Å². The van der Waals surface area contributed by atoms with Crippen LogP contribution in [0, 0.1) is 18.8 Å². The van der Waals surface area contributed by atoms with Crippen molar-refractivity contribution in [2.45, 2.75) is 129 Å². The predicted octanol–water partition coefficient (Wildman–Crippen LogP) is 8.56. The third-order valence-electron chi connectivity index (χ3n) is 12.3. The first-order valence-electron chi connectivity index (χ1n) is 24.5. The number of amides is 2. The van der Waals surface area contributed by atoms with Gasteiger partial charge in [-0.15, -0.1) is 16.4 Å². The minimum atomic E-state index is -0.140. The van der Waals surface area contributed by atoms with Gasteiger partial charge in [-0.05, 0) is 138 Å². The Morgan fingerprint density at radius 1 is 0.925 bits per heavy atom. The van der Waals surface area contributed by atoms with Crippen molar-refractivity contribution in [2.75, 3.05) is 51.7 Å². The number of carbonyl (C=O) groups excluding carboxylic acids is 2. The number of nitrogens with one attached hydrogen (secondary N) is 2. The summed E-state index contributed by atoms with van der Waals surface area (Å²) >= 11 is 1.56. The Kier molecular flexibility index (Phi) is 21.1. The van der Waals surface area contributed by atoms with E-state index in [2.05, 4.69) is 84.7 Å². The SMILES string of the molecule is CCCN(CCc1ccc(NC(=O)CCc2cn(CCCCCCCCN(C)CCCCCNC(=O)COc3cncc(C#Cc4csc(C)n4)c3)nn2)cc1)C1CCc2c(O)cccc2C1. The van der Waals surface area contributed by atoms with Crippen molar-refractivity contribution in [2.24, 2.45) is 0 Å². The Morgan fingerprint density at radius 2 is 1.72 bits per heavy atom. The van der Waals surface area contributed by atoms with E-state index in [1.54, 1.807) is 35.9 Å². The lowest BCUT2D eigenvalue weighted by molar-refractivity contribution is -0.123. The number of aromatic hydroxyl groups is 1. The fourth-order valence-electron chi connectivity index (χ4n) is 8.61. The van der Waals surface area contributed by atoms with Crippen molar-refractivity contribution in [3.8, 4) is 23.3 Å². The number of aromatic nitrogens is 5. The number of fused-ring (bicyclic) bond motifs is 1. The van der Waals surface area contributed by atoms with Gasteiger partial charge in [0.1, 0.15) is 17.2 Å². The molecule has 0 fully saturated rings. The van der Waals surface area contributed by atoms with Gasteiger partial charge in [0.2, 0.25) is 5.91 Å². The normalized spacial score (nSPS) is 13.3. The number of hydrogen-bond donors (Lipinski definition) is 3. The van der Waals surface area contributed by atoms with Gasteiger partial charge in [-0.1, -0.05) is 74.4 Å². The third-order valence-corrected chi connectivity index (χ3v) is 13.1. The van der Waals surface area contributed by atoms with Gasteiger partial charge >= 0.3 is 0 Å². The number of rotatable bonds is 28. The zero-order chi connectivity index (χ0) is 47.1. The zero-order valence-corrected chi connectivity index (χ0v) is 40.8. The summed E-state index contributed by atoms with van der Waals surface area (Å²) < 4.78 is 7.55. The molecule has 0 radical (unpaired) electrons. The minimum absolute atomic E-state index is 0.0191. The van der Waals surface area contributed by atoms with Crippen LogP contribution in [-0.2, 0) is 41.8 Å². The Labute approximate surface area is 402 Å². The third kappa shape index (κ3) is 18.2. The molecule has 1 unspecified atom stereocenters. The zero-order valence-electron chi connectivity index (χ0n) is 40.0. The van der Waals surface area contributed by atoms with E-state index in [0.717, 1.165) is 118 Å². The first-order valence-corrected chi connectivity index (χ1v) is 25.4. The molecule has 2 aromatic carbocycles. The molecule has 3 N–H and O–H groups in total. The molecule has 14 heteroatoms. The van der Waals surface area contributed by atoms with Crippen molar-refractivity contribution < 1.29 is 19.4 Å². The number of hydrogen-bond acceptors (Lipinski definition) is 11. The number of phenols is 1. The molecular formula is C53H71N9O4S. The van der Waals surface area contributed by atoms with E-state index in [0.29, 0.717) is 42.5 Å². The second-order valence-electron chi connectivity index (χ2n) is 17.9. The largest absolute Gasteiger partial charge is 0.508 e. The summed E-state index contributed by atoms with van der Waals surface area (Å²) in [4.78, 5) is 38.6. The quantitative estimate of drug-likeness (QED) is 0.0329. The fraction of sp³-hybridized carbons (Fsp3) is 0.509. The number of ether oxygens (including phenoxy) is 1. The number of anilines is 1. The second kappa shape index (κ2) is 27.9. The number of carbonyl (C=O) groups is 2. The van der Waals surface area contributed by atoms with E-state index in [-0.39, 0.29) is 18.4 Å². The average molecular weight is 930 g/mol. The lowest BCUT2D eigenvalue weighted by Crippen LogP contribution is -2.41. The molecule has 358 valence electrons. The van der Waals surface area contributed by atoms with E-state index >= 15 is 0 Å². The van der Waals surface area contributed by atoms with Crippen LogP contribution in [0.15, 0.2) is 72.5 Å². The van der Waals surface area contributed by atoms with Crippen LogP contribution < -0.4 is 15.4 Å². The number of aryl methyl sites for hydroxylation is 3. The molecule has 3 heterocycles. The van der Waals surface area contributed by atoms with Gasteiger partial charge in [-0.25, -0.2) is 4.98 Å². The van der Waals surface area contributed by atoms with E-state index < -0.39 is 0 Å². The Hall–Kier alpha value is -5.62. The van der Waals surface area contributed by atoms with E-state index in [9.17, 15) is 14.7 Å². The van der Waals surface area contributed by atoms with Crippen LogP contribution in [0.5, 0.6) is 11.5 Å².